The molecule has 0 fully saturated rings. The molecular formula is C14H13FIN3O2. The van der Waals surface area contributed by atoms with Gasteiger partial charge in [-0.2, -0.15) is 0 Å². The summed E-state index contributed by atoms with van der Waals surface area (Å²) in [6.07, 6.45) is 0. The van der Waals surface area contributed by atoms with Crippen LogP contribution in [0.1, 0.15) is 15.9 Å². The maximum absolute atomic E-state index is 14.0. The molecule has 0 aliphatic heterocycles. The standard InChI is InChI=1S/C14H13FIN3O2/c15-11-3-1-2-10(14(20)19-21)13(11)18-12-5-4-9(16)6-8(12)7-17/h1-6,18,21H,7,17H2,(H,19,20). The van der Waals surface area contributed by atoms with E-state index >= 15 is 0 Å². The molecule has 0 aromatic heterocycles. The Labute approximate surface area is 134 Å². The third kappa shape index (κ3) is 3.49. The van der Waals surface area contributed by atoms with Crippen LogP contribution in [-0.2, 0) is 6.54 Å². The highest BCUT2D eigenvalue weighted by Crippen LogP contribution is 2.27. The second-order valence-corrected chi connectivity index (χ2v) is 5.48. The molecule has 0 radical (unpaired) electrons. The summed E-state index contributed by atoms with van der Waals surface area (Å²) in [5, 5.41) is 11.6. The van der Waals surface area contributed by atoms with Gasteiger partial charge < -0.3 is 11.1 Å². The molecule has 0 spiro atoms. The third-order valence-electron chi connectivity index (χ3n) is 2.91. The first-order chi connectivity index (χ1) is 10.1. The van der Waals surface area contributed by atoms with Gasteiger partial charge in [0.1, 0.15) is 5.82 Å². The molecule has 0 unspecified atom stereocenters. The number of carbonyl (C=O) groups is 1. The van der Waals surface area contributed by atoms with E-state index in [-0.39, 0.29) is 17.8 Å². The summed E-state index contributed by atoms with van der Waals surface area (Å²) >= 11 is 2.15. The monoisotopic (exact) mass is 401 g/mol. The summed E-state index contributed by atoms with van der Waals surface area (Å²) in [6, 6.07) is 9.50. The van der Waals surface area contributed by atoms with Gasteiger partial charge in [0.15, 0.2) is 0 Å². The van der Waals surface area contributed by atoms with Crippen molar-refractivity contribution in [2.45, 2.75) is 6.54 Å². The van der Waals surface area contributed by atoms with E-state index < -0.39 is 11.7 Å². The molecule has 2 aromatic carbocycles. The van der Waals surface area contributed by atoms with Gasteiger partial charge >= 0.3 is 0 Å². The molecule has 0 saturated heterocycles. The van der Waals surface area contributed by atoms with Gasteiger partial charge in [-0.3, -0.25) is 10.0 Å². The molecular weight excluding hydrogens is 388 g/mol. The molecule has 2 aromatic rings. The Morgan fingerprint density at radius 3 is 2.76 bits per heavy atom. The summed E-state index contributed by atoms with van der Waals surface area (Å²) in [5.41, 5.74) is 8.56. The molecule has 0 aliphatic carbocycles. The minimum atomic E-state index is -0.795. The molecule has 0 aliphatic rings. The Morgan fingerprint density at radius 2 is 2.10 bits per heavy atom. The fraction of sp³-hybridized carbons (Fsp3) is 0.0714. The molecule has 110 valence electrons. The van der Waals surface area contributed by atoms with E-state index in [1.165, 1.54) is 23.7 Å². The van der Waals surface area contributed by atoms with Gasteiger partial charge in [0.05, 0.1) is 11.3 Å². The third-order valence-corrected chi connectivity index (χ3v) is 3.58. The lowest BCUT2D eigenvalue weighted by Crippen LogP contribution is -2.20. The molecule has 0 heterocycles. The van der Waals surface area contributed by atoms with Crippen molar-refractivity contribution in [3.8, 4) is 0 Å². The Morgan fingerprint density at radius 1 is 1.33 bits per heavy atom. The van der Waals surface area contributed by atoms with Crippen molar-refractivity contribution in [3.05, 3.63) is 56.9 Å². The van der Waals surface area contributed by atoms with Gasteiger partial charge in [0.25, 0.3) is 5.91 Å². The van der Waals surface area contributed by atoms with Crippen molar-refractivity contribution in [1.29, 1.82) is 0 Å². The molecule has 5 nitrogen and oxygen atoms in total. The van der Waals surface area contributed by atoms with Crippen LogP contribution in [0.2, 0.25) is 0 Å². The Kier molecular flexibility index (Phi) is 5.10. The van der Waals surface area contributed by atoms with Crippen molar-refractivity contribution >= 4 is 39.9 Å². The number of hydrogen-bond donors (Lipinski definition) is 4. The van der Waals surface area contributed by atoms with E-state index in [2.05, 4.69) is 27.9 Å². The molecule has 21 heavy (non-hydrogen) atoms. The average molecular weight is 401 g/mol. The largest absolute Gasteiger partial charge is 0.352 e. The zero-order chi connectivity index (χ0) is 15.4. The van der Waals surface area contributed by atoms with Crippen LogP contribution in [0, 0.1) is 9.39 Å². The number of para-hydroxylation sites is 1. The number of halogens is 2. The molecule has 2 rings (SSSR count). The van der Waals surface area contributed by atoms with Gasteiger partial charge in [-0.1, -0.05) is 6.07 Å². The van der Waals surface area contributed by atoms with E-state index in [0.29, 0.717) is 5.69 Å². The van der Waals surface area contributed by atoms with Crippen LogP contribution in [0.5, 0.6) is 0 Å². The predicted octanol–water partition coefficient (Wildman–Crippen LogP) is 2.75. The van der Waals surface area contributed by atoms with Crippen molar-refractivity contribution in [3.63, 3.8) is 0 Å². The number of anilines is 2. The summed E-state index contributed by atoms with van der Waals surface area (Å²) < 4.78 is 15.0. The van der Waals surface area contributed by atoms with E-state index in [1.54, 1.807) is 6.07 Å². The Hall–Kier alpha value is -1.71. The van der Waals surface area contributed by atoms with Crippen LogP contribution >= 0.6 is 22.6 Å². The van der Waals surface area contributed by atoms with Crippen LogP contribution in [0.3, 0.4) is 0 Å². The van der Waals surface area contributed by atoms with Gasteiger partial charge in [0, 0.05) is 15.8 Å². The average Bonchev–Trinajstić information content (AvgIpc) is 2.49. The smallest absolute Gasteiger partial charge is 0.276 e. The fourth-order valence-corrected chi connectivity index (χ4v) is 2.44. The summed E-state index contributed by atoms with van der Waals surface area (Å²) in [7, 11) is 0. The van der Waals surface area contributed by atoms with Gasteiger partial charge in [-0.05, 0) is 58.5 Å². The molecule has 0 saturated carbocycles. The Balaban J connectivity index is 2.47. The van der Waals surface area contributed by atoms with Crippen LogP contribution in [0.25, 0.3) is 0 Å². The normalized spacial score (nSPS) is 10.3. The molecule has 7 heteroatoms. The number of nitrogens with one attached hydrogen (secondary N) is 2. The van der Waals surface area contributed by atoms with Gasteiger partial charge in [0.2, 0.25) is 0 Å². The molecule has 0 atom stereocenters. The second kappa shape index (κ2) is 6.83. The molecule has 5 N–H and O–H groups in total. The van der Waals surface area contributed by atoms with Crippen molar-refractivity contribution < 1.29 is 14.4 Å². The van der Waals surface area contributed by atoms with Crippen molar-refractivity contribution in [2.75, 3.05) is 5.32 Å². The maximum atomic E-state index is 14.0. The van der Waals surface area contributed by atoms with Gasteiger partial charge in [-0.15, -0.1) is 0 Å². The van der Waals surface area contributed by atoms with Crippen molar-refractivity contribution in [1.82, 2.24) is 5.48 Å². The molecule has 0 bridgehead atoms. The highest BCUT2D eigenvalue weighted by molar-refractivity contribution is 14.1. The number of rotatable bonds is 4. The minimum absolute atomic E-state index is 0.000906. The van der Waals surface area contributed by atoms with E-state index in [1.807, 2.05) is 12.1 Å². The van der Waals surface area contributed by atoms with E-state index in [4.69, 9.17) is 10.9 Å². The lowest BCUT2D eigenvalue weighted by Gasteiger charge is -2.15. The first-order valence-electron chi connectivity index (χ1n) is 6.05. The number of carbonyl (C=O) groups excluding carboxylic acids is 1. The molecule has 1 amide bonds. The minimum Gasteiger partial charge on any atom is -0.352 e. The predicted molar refractivity (Wildman–Crippen MR) is 86.0 cm³/mol. The quantitative estimate of drug-likeness (QED) is 0.361. The van der Waals surface area contributed by atoms with Crippen molar-refractivity contribution in [2.24, 2.45) is 5.73 Å². The SMILES string of the molecule is NCc1cc(I)ccc1Nc1c(F)cccc1C(=O)NO. The fourth-order valence-electron chi connectivity index (χ4n) is 1.89. The van der Waals surface area contributed by atoms with E-state index in [0.717, 1.165) is 9.13 Å². The number of nitrogens with two attached hydrogens (primary N) is 1. The van der Waals surface area contributed by atoms with Crippen LogP contribution < -0.4 is 16.5 Å². The Bertz CT molecular complexity index is 679. The zero-order valence-corrected chi connectivity index (χ0v) is 13.0. The zero-order valence-electron chi connectivity index (χ0n) is 10.9. The highest BCUT2D eigenvalue weighted by Gasteiger charge is 2.16. The van der Waals surface area contributed by atoms with Crippen LogP contribution in [0.4, 0.5) is 15.8 Å². The number of hydroxylamine groups is 1. The summed E-state index contributed by atoms with van der Waals surface area (Å²) in [5.74, 6) is -1.39. The first-order valence-corrected chi connectivity index (χ1v) is 7.13. The summed E-state index contributed by atoms with van der Waals surface area (Å²) in [4.78, 5) is 11.6. The van der Waals surface area contributed by atoms with Crippen LogP contribution in [-0.4, -0.2) is 11.1 Å². The maximum Gasteiger partial charge on any atom is 0.276 e. The van der Waals surface area contributed by atoms with Gasteiger partial charge in [-0.25, -0.2) is 9.87 Å². The lowest BCUT2D eigenvalue weighted by molar-refractivity contribution is 0.0707. The number of hydrogen-bond acceptors (Lipinski definition) is 4. The highest BCUT2D eigenvalue weighted by atomic mass is 127. The number of benzene rings is 2. The second-order valence-electron chi connectivity index (χ2n) is 4.23. The summed E-state index contributed by atoms with van der Waals surface area (Å²) in [6.45, 7) is 0.273. The topological polar surface area (TPSA) is 87.4 Å². The van der Waals surface area contributed by atoms with E-state index in [9.17, 15) is 9.18 Å². The van der Waals surface area contributed by atoms with Crippen LogP contribution in [0.15, 0.2) is 36.4 Å². The lowest BCUT2D eigenvalue weighted by atomic mass is 10.1. The number of amides is 1. The first kappa shape index (κ1) is 15.7.